The smallest absolute Gasteiger partial charge is 0.336 e. The molecule has 4 rings (SSSR count). The Bertz CT molecular complexity index is 1060. The third kappa shape index (κ3) is 3.57. The molecule has 2 aromatic carbocycles. The molecule has 0 unspecified atom stereocenters. The van der Waals surface area contributed by atoms with Gasteiger partial charge in [0.2, 0.25) is 0 Å². The molecular formula is C21H19Cl2NO3. The standard InChI is InChI=1S/C21H19Cl2NO3/c1-2-5-13-8-19(25)27-20-15(13)9-18(23)21-16(20)11-24(12-26-21)10-14-6-3-4-7-17(14)22/h3-4,6-9H,2,5,10-12H2,1H3. The number of rotatable bonds is 4. The fraction of sp³-hybridized carbons (Fsp3) is 0.286. The Labute approximate surface area is 167 Å². The minimum absolute atomic E-state index is 0.348. The minimum atomic E-state index is -0.348. The molecule has 2 heterocycles. The van der Waals surface area contributed by atoms with Gasteiger partial charge in [0.25, 0.3) is 0 Å². The zero-order valence-corrected chi connectivity index (χ0v) is 16.4. The first-order valence-corrected chi connectivity index (χ1v) is 9.69. The Balaban J connectivity index is 1.77. The van der Waals surface area contributed by atoms with Crippen LogP contribution in [0.25, 0.3) is 11.0 Å². The Morgan fingerprint density at radius 2 is 1.93 bits per heavy atom. The highest BCUT2D eigenvalue weighted by molar-refractivity contribution is 6.33. The molecule has 6 heteroatoms. The minimum Gasteiger partial charge on any atom is -0.476 e. The van der Waals surface area contributed by atoms with E-state index in [-0.39, 0.29) is 5.63 Å². The lowest BCUT2D eigenvalue weighted by Crippen LogP contribution is -2.32. The molecule has 0 atom stereocenters. The number of fused-ring (bicyclic) bond motifs is 3. The second-order valence-electron chi connectivity index (χ2n) is 6.74. The van der Waals surface area contributed by atoms with E-state index in [4.69, 9.17) is 32.4 Å². The fourth-order valence-corrected chi connectivity index (χ4v) is 4.02. The number of ether oxygens (including phenoxy) is 1. The van der Waals surface area contributed by atoms with Gasteiger partial charge in [-0.1, -0.05) is 54.7 Å². The molecule has 3 aromatic rings. The van der Waals surface area contributed by atoms with Gasteiger partial charge in [-0.05, 0) is 29.7 Å². The average molecular weight is 404 g/mol. The predicted octanol–water partition coefficient (Wildman–Crippen LogP) is 5.40. The first-order chi connectivity index (χ1) is 13.1. The van der Waals surface area contributed by atoms with Gasteiger partial charge in [-0.2, -0.15) is 0 Å². The zero-order chi connectivity index (χ0) is 19.0. The third-order valence-corrected chi connectivity index (χ3v) is 5.42. The van der Waals surface area contributed by atoms with Crippen LogP contribution < -0.4 is 10.4 Å². The molecule has 0 amide bonds. The van der Waals surface area contributed by atoms with Gasteiger partial charge in [0, 0.05) is 29.6 Å². The van der Waals surface area contributed by atoms with Crippen molar-refractivity contribution in [2.75, 3.05) is 6.73 Å². The Morgan fingerprint density at radius 1 is 1.11 bits per heavy atom. The van der Waals surface area contributed by atoms with E-state index in [1.54, 1.807) is 6.07 Å². The maximum atomic E-state index is 12.1. The molecule has 0 radical (unpaired) electrons. The van der Waals surface area contributed by atoms with Gasteiger partial charge in [-0.15, -0.1) is 0 Å². The number of nitrogens with zero attached hydrogens (tertiary/aromatic N) is 1. The SMILES string of the molecule is CCCc1cc(=O)oc2c3c(c(Cl)cc12)OCN(Cc1ccccc1Cl)C3. The van der Waals surface area contributed by atoms with E-state index in [1.807, 2.05) is 30.3 Å². The van der Waals surface area contributed by atoms with Crippen LogP contribution in [0.3, 0.4) is 0 Å². The molecule has 0 N–H and O–H groups in total. The van der Waals surface area contributed by atoms with Crippen molar-refractivity contribution in [3.63, 3.8) is 0 Å². The Hall–Kier alpha value is -2.01. The van der Waals surface area contributed by atoms with Gasteiger partial charge >= 0.3 is 5.63 Å². The summed E-state index contributed by atoms with van der Waals surface area (Å²) in [7, 11) is 0. The summed E-state index contributed by atoms with van der Waals surface area (Å²) in [6, 6.07) is 11.1. The number of benzene rings is 2. The van der Waals surface area contributed by atoms with Crippen LogP contribution >= 0.6 is 23.2 Å². The Kier molecular flexibility index (Phi) is 5.13. The highest BCUT2D eigenvalue weighted by Crippen LogP contribution is 2.39. The summed E-state index contributed by atoms with van der Waals surface area (Å²) in [4.78, 5) is 14.2. The predicted molar refractivity (Wildman–Crippen MR) is 108 cm³/mol. The highest BCUT2D eigenvalue weighted by Gasteiger charge is 2.25. The maximum Gasteiger partial charge on any atom is 0.336 e. The van der Waals surface area contributed by atoms with Gasteiger partial charge in [0.15, 0.2) is 0 Å². The molecule has 1 aliphatic rings. The number of halogens is 2. The van der Waals surface area contributed by atoms with Gasteiger partial charge in [-0.3, -0.25) is 4.90 Å². The van der Waals surface area contributed by atoms with Crippen LogP contribution in [0.2, 0.25) is 10.0 Å². The van der Waals surface area contributed by atoms with Gasteiger partial charge in [-0.25, -0.2) is 4.79 Å². The quantitative estimate of drug-likeness (QED) is 0.546. The van der Waals surface area contributed by atoms with E-state index in [0.717, 1.165) is 39.9 Å². The summed E-state index contributed by atoms with van der Waals surface area (Å²) >= 11 is 12.8. The number of aryl methyl sites for hydroxylation is 1. The van der Waals surface area contributed by atoms with E-state index >= 15 is 0 Å². The summed E-state index contributed by atoms with van der Waals surface area (Å²) < 4.78 is 11.5. The molecule has 0 bridgehead atoms. The molecule has 0 saturated carbocycles. The summed E-state index contributed by atoms with van der Waals surface area (Å²) in [5.74, 6) is 0.594. The normalized spacial score (nSPS) is 14.2. The third-order valence-electron chi connectivity index (χ3n) is 4.77. The molecular weight excluding hydrogens is 385 g/mol. The average Bonchev–Trinajstić information content (AvgIpc) is 2.65. The molecule has 1 aromatic heterocycles. The summed E-state index contributed by atoms with van der Waals surface area (Å²) in [5.41, 5.74) is 3.00. The van der Waals surface area contributed by atoms with Crippen LogP contribution in [0.4, 0.5) is 0 Å². The van der Waals surface area contributed by atoms with E-state index in [2.05, 4.69) is 11.8 Å². The molecule has 140 valence electrons. The van der Waals surface area contributed by atoms with Crippen LogP contribution in [0.5, 0.6) is 5.75 Å². The van der Waals surface area contributed by atoms with E-state index in [9.17, 15) is 4.79 Å². The van der Waals surface area contributed by atoms with Crippen molar-refractivity contribution in [1.82, 2.24) is 4.90 Å². The van der Waals surface area contributed by atoms with Crippen LogP contribution in [0.1, 0.15) is 30.0 Å². The van der Waals surface area contributed by atoms with E-state index in [0.29, 0.717) is 36.2 Å². The largest absolute Gasteiger partial charge is 0.476 e. The topological polar surface area (TPSA) is 42.7 Å². The van der Waals surface area contributed by atoms with Crippen LogP contribution in [0.15, 0.2) is 45.6 Å². The van der Waals surface area contributed by atoms with Gasteiger partial charge in [0.1, 0.15) is 18.1 Å². The molecule has 1 aliphatic heterocycles. The van der Waals surface area contributed by atoms with Crippen molar-refractivity contribution >= 4 is 34.2 Å². The second-order valence-corrected chi connectivity index (χ2v) is 7.55. The molecule has 0 fully saturated rings. The lowest BCUT2D eigenvalue weighted by Gasteiger charge is -2.30. The van der Waals surface area contributed by atoms with E-state index < -0.39 is 0 Å². The van der Waals surface area contributed by atoms with Crippen molar-refractivity contribution in [1.29, 1.82) is 0 Å². The number of hydrogen-bond acceptors (Lipinski definition) is 4. The Morgan fingerprint density at radius 3 is 2.70 bits per heavy atom. The molecule has 0 aliphatic carbocycles. The highest BCUT2D eigenvalue weighted by atomic mass is 35.5. The van der Waals surface area contributed by atoms with Crippen LogP contribution in [-0.2, 0) is 19.5 Å². The van der Waals surface area contributed by atoms with Crippen molar-refractivity contribution in [2.45, 2.75) is 32.9 Å². The maximum absolute atomic E-state index is 12.1. The molecule has 27 heavy (non-hydrogen) atoms. The van der Waals surface area contributed by atoms with Crippen molar-refractivity contribution in [3.8, 4) is 5.75 Å². The van der Waals surface area contributed by atoms with Crippen molar-refractivity contribution in [2.24, 2.45) is 0 Å². The summed E-state index contributed by atoms with van der Waals surface area (Å²) in [6.07, 6.45) is 1.73. The first-order valence-electron chi connectivity index (χ1n) is 8.93. The lowest BCUT2D eigenvalue weighted by atomic mass is 10.0. The van der Waals surface area contributed by atoms with Gasteiger partial charge in [0.05, 0.1) is 10.6 Å². The molecule has 0 spiro atoms. The fourth-order valence-electron chi connectivity index (χ4n) is 3.54. The van der Waals surface area contributed by atoms with E-state index in [1.165, 1.54) is 0 Å². The van der Waals surface area contributed by atoms with Crippen molar-refractivity contribution in [3.05, 3.63) is 73.6 Å². The lowest BCUT2D eigenvalue weighted by molar-refractivity contribution is 0.0891. The van der Waals surface area contributed by atoms with Crippen LogP contribution in [0, 0.1) is 0 Å². The zero-order valence-electron chi connectivity index (χ0n) is 14.9. The van der Waals surface area contributed by atoms with Gasteiger partial charge < -0.3 is 9.15 Å². The molecule has 0 saturated heterocycles. The van der Waals surface area contributed by atoms with Crippen LogP contribution in [-0.4, -0.2) is 11.6 Å². The summed E-state index contributed by atoms with van der Waals surface area (Å²) in [5, 5.41) is 2.14. The molecule has 4 nitrogen and oxygen atoms in total. The second kappa shape index (κ2) is 7.55. The monoisotopic (exact) mass is 403 g/mol. The first kappa shape index (κ1) is 18.4. The van der Waals surface area contributed by atoms with Crippen molar-refractivity contribution < 1.29 is 9.15 Å². The summed E-state index contributed by atoms with van der Waals surface area (Å²) in [6.45, 7) is 3.67. The number of hydrogen-bond donors (Lipinski definition) is 0.